The molecule has 7 rings (SSSR count). The molecule has 0 unspecified atom stereocenters. The lowest BCUT2D eigenvalue weighted by Gasteiger charge is -2.38. The number of halogens is 3. The molecule has 4 heterocycles. The summed E-state index contributed by atoms with van der Waals surface area (Å²) in [5.41, 5.74) is -0.355. The van der Waals surface area contributed by atoms with Crippen LogP contribution in [0.1, 0.15) is 62.5 Å². The number of piperazine rings is 1. The normalized spacial score (nSPS) is 25.7. The number of nitriles is 1. The topological polar surface area (TPSA) is 97.5 Å². The average molecular weight is 609 g/mol. The summed E-state index contributed by atoms with van der Waals surface area (Å²) < 4.78 is 39.2. The van der Waals surface area contributed by atoms with Crippen molar-refractivity contribution in [2.75, 3.05) is 44.7 Å². The van der Waals surface area contributed by atoms with Crippen molar-refractivity contribution in [3.8, 4) is 29.0 Å². The van der Waals surface area contributed by atoms with Crippen LogP contribution >= 0.6 is 11.6 Å². The largest absolute Gasteiger partial charge is 0.506 e. The molecule has 11 heteroatoms. The van der Waals surface area contributed by atoms with Gasteiger partial charge in [0.05, 0.1) is 12.2 Å². The van der Waals surface area contributed by atoms with Crippen molar-refractivity contribution in [3.63, 3.8) is 0 Å². The number of piperidine rings is 1. The molecule has 2 aromatic carbocycles. The maximum Gasteiger partial charge on any atom is 0.319 e. The van der Waals surface area contributed by atoms with Gasteiger partial charge in [0.2, 0.25) is 0 Å². The molecule has 1 aliphatic carbocycles. The van der Waals surface area contributed by atoms with Crippen LogP contribution < -0.4 is 15.0 Å². The quantitative estimate of drug-likeness (QED) is 0.366. The van der Waals surface area contributed by atoms with E-state index in [1.165, 1.54) is 12.1 Å². The molecule has 3 aromatic rings. The third kappa shape index (κ3) is 5.15. The second-order valence-corrected chi connectivity index (χ2v) is 13.6. The van der Waals surface area contributed by atoms with Gasteiger partial charge in [0.1, 0.15) is 34.5 Å². The summed E-state index contributed by atoms with van der Waals surface area (Å²) in [5.74, 6) is -1.81. The fourth-order valence-corrected chi connectivity index (χ4v) is 7.75. The summed E-state index contributed by atoms with van der Waals surface area (Å²) in [6.45, 7) is 5.73. The lowest BCUT2D eigenvalue weighted by Crippen LogP contribution is -2.51. The van der Waals surface area contributed by atoms with Crippen LogP contribution in [0, 0.1) is 28.4 Å². The van der Waals surface area contributed by atoms with Gasteiger partial charge in [-0.25, -0.2) is 8.78 Å². The summed E-state index contributed by atoms with van der Waals surface area (Å²) in [6.07, 6.45) is 5.67. The number of nitrogens with one attached hydrogen (secondary N) is 1. The number of aromatic nitrogens is 2. The van der Waals surface area contributed by atoms with Gasteiger partial charge in [-0.3, -0.25) is 0 Å². The maximum absolute atomic E-state index is 16.8. The standard InChI is InChI=1S/C32H35ClF2N6O2/c1-32(8-3-9-40(2)15-32)16-43-31-38-29-20(30(39-31)41-13-18-6-7-19(14-41)37-18)10-23(34)27(28(29)35)26-21(12-36)24(42)11-22(33)25(26)17-4-5-17/h10-11,17-19,37,42H,3-9,13-16H2,1-2H3/t18-,19+,32-/m0/s1. The van der Waals surface area contributed by atoms with E-state index in [4.69, 9.17) is 21.3 Å². The summed E-state index contributed by atoms with van der Waals surface area (Å²) >= 11 is 6.52. The summed E-state index contributed by atoms with van der Waals surface area (Å²) in [6, 6.07) is 5.07. The fourth-order valence-electron chi connectivity index (χ4n) is 7.40. The SMILES string of the molecule is CN1CCC[C@](C)(COc2nc(N3C[C@H]4CC[C@@H](C3)N4)c3cc(F)c(-c4c(C#N)c(O)cc(Cl)c4C4CC4)c(F)c3n2)C1. The number of benzene rings is 2. The molecule has 226 valence electrons. The van der Waals surface area contributed by atoms with E-state index in [0.717, 1.165) is 51.6 Å². The van der Waals surface area contributed by atoms with E-state index in [1.807, 2.05) is 6.07 Å². The van der Waals surface area contributed by atoms with Crippen molar-refractivity contribution >= 4 is 28.3 Å². The third-order valence-corrected chi connectivity index (χ3v) is 9.84. The molecule has 3 aliphatic heterocycles. The number of fused-ring (bicyclic) bond motifs is 3. The molecule has 0 spiro atoms. The van der Waals surface area contributed by atoms with Crippen molar-refractivity contribution in [1.82, 2.24) is 20.2 Å². The number of hydrogen-bond donors (Lipinski definition) is 2. The van der Waals surface area contributed by atoms with Gasteiger partial charge in [0.15, 0.2) is 5.82 Å². The summed E-state index contributed by atoms with van der Waals surface area (Å²) in [7, 11) is 2.09. The van der Waals surface area contributed by atoms with Crippen molar-refractivity contribution in [1.29, 1.82) is 5.26 Å². The minimum Gasteiger partial charge on any atom is -0.506 e. The molecule has 4 fully saturated rings. The second kappa shape index (κ2) is 10.7. The molecular weight excluding hydrogens is 574 g/mol. The van der Waals surface area contributed by atoms with E-state index in [0.29, 0.717) is 31.1 Å². The zero-order valence-corrected chi connectivity index (χ0v) is 25.1. The Morgan fingerprint density at radius 2 is 1.91 bits per heavy atom. The fraction of sp³-hybridized carbons (Fsp3) is 0.531. The Balaban J connectivity index is 1.39. The van der Waals surface area contributed by atoms with Gasteiger partial charge in [-0.15, -0.1) is 0 Å². The predicted molar refractivity (Wildman–Crippen MR) is 161 cm³/mol. The number of ether oxygens (including phenoxy) is 1. The highest BCUT2D eigenvalue weighted by Gasteiger charge is 2.37. The molecule has 3 saturated heterocycles. The van der Waals surface area contributed by atoms with Crippen molar-refractivity contribution in [2.45, 2.75) is 63.5 Å². The Morgan fingerprint density at radius 3 is 2.58 bits per heavy atom. The van der Waals surface area contributed by atoms with Crippen LogP contribution in [0.25, 0.3) is 22.0 Å². The zero-order chi connectivity index (χ0) is 30.0. The van der Waals surface area contributed by atoms with Gasteiger partial charge < -0.3 is 25.0 Å². The lowest BCUT2D eigenvalue weighted by atomic mass is 9.83. The molecular formula is C32H35ClF2N6O2. The molecule has 2 N–H and O–H groups in total. The highest BCUT2D eigenvalue weighted by atomic mass is 35.5. The molecule has 2 bridgehead atoms. The maximum atomic E-state index is 16.8. The van der Waals surface area contributed by atoms with Gasteiger partial charge >= 0.3 is 6.01 Å². The number of hydrogen-bond acceptors (Lipinski definition) is 8. The highest BCUT2D eigenvalue weighted by Crippen LogP contribution is 2.52. The minimum absolute atomic E-state index is 0.00694. The highest BCUT2D eigenvalue weighted by molar-refractivity contribution is 6.32. The number of phenols is 1. The van der Waals surface area contributed by atoms with E-state index in [9.17, 15) is 10.4 Å². The van der Waals surface area contributed by atoms with Gasteiger partial charge in [0, 0.05) is 59.2 Å². The van der Waals surface area contributed by atoms with Crippen molar-refractivity contribution in [2.24, 2.45) is 5.41 Å². The van der Waals surface area contributed by atoms with Crippen LogP contribution in [-0.4, -0.2) is 71.9 Å². The minimum atomic E-state index is -0.926. The van der Waals surface area contributed by atoms with Gasteiger partial charge in [-0.2, -0.15) is 15.2 Å². The Labute approximate surface area is 254 Å². The first kappa shape index (κ1) is 28.5. The Kier molecular flexibility index (Phi) is 7.11. The molecule has 0 radical (unpaired) electrons. The Morgan fingerprint density at radius 1 is 1.16 bits per heavy atom. The molecule has 4 aliphatic rings. The zero-order valence-electron chi connectivity index (χ0n) is 24.4. The number of anilines is 1. The Bertz CT molecular complexity index is 1650. The van der Waals surface area contributed by atoms with E-state index in [1.54, 1.807) is 0 Å². The monoisotopic (exact) mass is 608 g/mol. The van der Waals surface area contributed by atoms with E-state index >= 15 is 8.78 Å². The first-order valence-corrected chi connectivity index (χ1v) is 15.5. The van der Waals surface area contributed by atoms with E-state index in [-0.39, 0.29) is 56.5 Å². The van der Waals surface area contributed by atoms with Crippen LogP contribution in [0.4, 0.5) is 14.6 Å². The van der Waals surface area contributed by atoms with Crippen molar-refractivity contribution < 1.29 is 18.6 Å². The molecule has 1 saturated carbocycles. The van der Waals surface area contributed by atoms with E-state index < -0.39 is 22.9 Å². The van der Waals surface area contributed by atoms with Crippen LogP contribution in [0.5, 0.6) is 11.8 Å². The van der Waals surface area contributed by atoms with Gasteiger partial charge in [-0.05, 0) is 69.7 Å². The first-order valence-electron chi connectivity index (χ1n) is 15.1. The second-order valence-electron chi connectivity index (χ2n) is 13.2. The number of likely N-dealkylation sites (tertiary alicyclic amines) is 1. The summed E-state index contributed by atoms with van der Waals surface area (Å²) in [5, 5.41) is 24.6. The average Bonchev–Trinajstić information content (AvgIpc) is 3.74. The Hall–Kier alpha value is -3.26. The molecule has 8 nitrogen and oxygen atoms in total. The molecule has 0 amide bonds. The van der Waals surface area contributed by atoms with Gasteiger partial charge in [-0.1, -0.05) is 18.5 Å². The molecule has 3 atom stereocenters. The number of rotatable bonds is 6. The lowest BCUT2D eigenvalue weighted by molar-refractivity contribution is 0.0660. The number of aromatic hydroxyl groups is 1. The molecule has 43 heavy (non-hydrogen) atoms. The van der Waals surface area contributed by atoms with Crippen molar-refractivity contribution in [3.05, 3.63) is 39.9 Å². The smallest absolute Gasteiger partial charge is 0.319 e. The van der Waals surface area contributed by atoms with Crippen LogP contribution in [0.3, 0.4) is 0 Å². The van der Waals surface area contributed by atoms with E-state index in [2.05, 4.69) is 34.1 Å². The molecule has 1 aromatic heterocycles. The number of nitrogens with zero attached hydrogens (tertiary/aromatic N) is 5. The van der Waals surface area contributed by atoms with Gasteiger partial charge in [0.25, 0.3) is 0 Å². The predicted octanol–water partition coefficient (Wildman–Crippen LogP) is 5.73. The van der Waals surface area contributed by atoms with Crippen LogP contribution in [0.15, 0.2) is 12.1 Å². The third-order valence-electron chi connectivity index (χ3n) is 9.52. The van der Waals surface area contributed by atoms with Crippen LogP contribution in [-0.2, 0) is 0 Å². The summed E-state index contributed by atoms with van der Waals surface area (Å²) in [4.78, 5) is 13.6. The first-order chi connectivity index (χ1) is 20.6. The van der Waals surface area contributed by atoms with Crippen LogP contribution in [0.2, 0.25) is 5.02 Å². The number of phenolic OH excluding ortho intramolecular Hbond substituents is 1.